The number of alkyl halides is 6. The molecule has 1 aromatic heterocycles. The van der Waals surface area contributed by atoms with Gasteiger partial charge in [-0.25, -0.2) is 4.39 Å². The number of piperidine rings is 1. The highest BCUT2D eigenvalue weighted by Gasteiger charge is 2.42. The summed E-state index contributed by atoms with van der Waals surface area (Å²) < 4.78 is 106. The number of fused-ring (bicyclic) bond motifs is 1. The van der Waals surface area contributed by atoms with Crippen molar-refractivity contribution in [2.75, 3.05) is 68.6 Å². The Morgan fingerprint density at radius 1 is 0.961 bits per heavy atom. The third-order valence-electron chi connectivity index (χ3n) is 9.90. The van der Waals surface area contributed by atoms with Crippen molar-refractivity contribution in [2.45, 2.75) is 69.4 Å². The van der Waals surface area contributed by atoms with E-state index in [4.69, 9.17) is 14.6 Å². The summed E-state index contributed by atoms with van der Waals surface area (Å²) in [6.07, 6.45) is -3.93. The van der Waals surface area contributed by atoms with Gasteiger partial charge in [0, 0.05) is 36.2 Å². The molecule has 1 aliphatic carbocycles. The van der Waals surface area contributed by atoms with Gasteiger partial charge in [-0.2, -0.15) is 26.3 Å². The molecule has 0 bridgehead atoms. The molecule has 6 rings (SSSR count). The fraction of sp³-hybridized carbons (Fsp3) is 0.556. The maximum absolute atomic E-state index is 14.7. The van der Waals surface area contributed by atoms with Crippen molar-refractivity contribution in [3.8, 4) is 17.6 Å². The van der Waals surface area contributed by atoms with Crippen LogP contribution in [-0.2, 0) is 11.2 Å². The number of hydrogen-bond acceptors (Lipinski definition) is 8. The van der Waals surface area contributed by atoms with Gasteiger partial charge in [-0.15, -0.1) is 11.3 Å². The summed E-state index contributed by atoms with van der Waals surface area (Å²) in [5, 5.41) is 18.4. The molecule has 51 heavy (non-hydrogen) atoms. The number of benzene rings is 2. The normalized spacial score (nSPS) is 20.8. The Hall–Kier alpha value is -3.45. The van der Waals surface area contributed by atoms with Crippen LogP contribution < -0.4 is 20.7 Å². The predicted molar refractivity (Wildman–Crippen MR) is 184 cm³/mol. The first kappa shape index (κ1) is 37.3. The van der Waals surface area contributed by atoms with Crippen LogP contribution in [-0.4, -0.2) is 87.0 Å². The monoisotopic (exact) mass is 742 g/mol. The SMILES string of the molecule is OCCNc1cc(OCC(F)(F)F)c(NCC#Cc2sc3c(NC4CCC(N5CCC6(CC5)COC6)CC4)cccc3c2CC(F)(F)F)cc1F. The molecule has 278 valence electrons. The summed E-state index contributed by atoms with van der Waals surface area (Å²) in [7, 11) is 0. The van der Waals surface area contributed by atoms with Crippen LogP contribution >= 0.6 is 11.3 Å². The zero-order chi connectivity index (χ0) is 36.2. The molecule has 0 radical (unpaired) electrons. The Morgan fingerprint density at radius 3 is 2.35 bits per heavy atom. The van der Waals surface area contributed by atoms with E-state index in [2.05, 4.69) is 32.7 Å². The number of nitrogens with zero attached hydrogens (tertiary/aromatic N) is 1. The van der Waals surface area contributed by atoms with Crippen molar-refractivity contribution in [1.82, 2.24) is 4.90 Å². The van der Waals surface area contributed by atoms with Gasteiger partial charge in [-0.05, 0) is 68.6 Å². The van der Waals surface area contributed by atoms with E-state index in [1.54, 1.807) is 12.1 Å². The fourth-order valence-electron chi connectivity index (χ4n) is 7.17. The number of aliphatic hydroxyl groups excluding tert-OH is 1. The van der Waals surface area contributed by atoms with Crippen molar-refractivity contribution in [1.29, 1.82) is 0 Å². The molecule has 4 N–H and O–H groups in total. The Balaban J connectivity index is 1.15. The highest BCUT2D eigenvalue weighted by molar-refractivity contribution is 7.20. The molecule has 2 aromatic carbocycles. The minimum Gasteiger partial charge on any atom is -0.482 e. The van der Waals surface area contributed by atoms with Gasteiger partial charge in [0.2, 0.25) is 0 Å². The molecule has 2 saturated heterocycles. The van der Waals surface area contributed by atoms with Crippen LogP contribution in [0.1, 0.15) is 49.0 Å². The molecule has 2 aliphatic heterocycles. The Labute approximate surface area is 295 Å². The van der Waals surface area contributed by atoms with Crippen molar-refractivity contribution in [3.63, 3.8) is 0 Å². The standard InChI is InChI=1S/C36H41F7N4O3S/c37-27-17-30(31(50-22-36(41,42)43)18-29(27)45-13-16-48)44-12-2-5-32-26(19-35(38,39)40)25-3-1-4-28(33(25)51-32)46-23-6-8-24(9-7-23)47-14-10-34(11-15-47)20-49-21-34/h1,3-4,17-18,23-24,44-46,48H,6-16,19-22H2. The van der Waals surface area contributed by atoms with Crippen LogP contribution in [0.15, 0.2) is 30.3 Å². The Bertz CT molecular complexity index is 1710. The number of halogens is 7. The van der Waals surface area contributed by atoms with E-state index in [0.29, 0.717) is 21.5 Å². The molecule has 0 unspecified atom stereocenters. The van der Waals surface area contributed by atoms with Crippen LogP contribution in [0, 0.1) is 23.1 Å². The molecular weight excluding hydrogens is 701 g/mol. The lowest BCUT2D eigenvalue weighted by Gasteiger charge is -2.49. The number of rotatable bonds is 11. The number of aliphatic hydroxyl groups is 1. The largest absolute Gasteiger partial charge is 0.482 e. The maximum atomic E-state index is 14.7. The van der Waals surface area contributed by atoms with Gasteiger partial charge in [0.25, 0.3) is 0 Å². The van der Waals surface area contributed by atoms with Crippen LogP contribution in [0.4, 0.5) is 47.8 Å². The van der Waals surface area contributed by atoms with Gasteiger partial charge in [-0.3, -0.25) is 0 Å². The Morgan fingerprint density at radius 2 is 1.71 bits per heavy atom. The summed E-state index contributed by atoms with van der Waals surface area (Å²) in [5.74, 6) is 4.45. The van der Waals surface area contributed by atoms with Gasteiger partial charge < -0.3 is 35.4 Å². The second kappa shape index (κ2) is 15.7. The molecule has 7 nitrogen and oxygen atoms in total. The lowest BCUT2D eigenvalue weighted by molar-refractivity contribution is -0.153. The van der Waals surface area contributed by atoms with E-state index in [9.17, 15) is 30.7 Å². The van der Waals surface area contributed by atoms with Crippen LogP contribution in [0.25, 0.3) is 10.1 Å². The predicted octanol–water partition coefficient (Wildman–Crippen LogP) is 7.79. The molecule has 0 atom stereocenters. The lowest BCUT2D eigenvalue weighted by Crippen LogP contribution is -2.53. The summed E-state index contributed by atoms with van der Waals surface area (Å²) in [6.45, 7) is 1.73. The molecule has 3 heterocycles. The van der Waals surface area contributed by atoms with Crippen LogP contribution in [0.5, 0.6) is 5.75 Å². The average molecular weight is 743 g/mol. The number of likely N-dealkylation sites (tertiary alicyclic amines) is 1. The number of anilines is 3. The lowest BCUT2D eigenvalue weighted by atomic mass is 9.76. The first-order valence-electron chi connectivity index (χ1n) is 17.1. The molecular formula is C36H41F7N4O3S. The van der Waals surface area contributed by atoms with E-state index in [1.807, 2.05) is 6.07 Å². The van der Waals surface area contributed by atoms with E-state index in [-0.39, 0.29) is 53.3 Å². The summed E-state index contributed by atoms with van der Waals surface area (Å²) in [5.41, 5.74) is 0.921. The molecule has 0 amide bonds. The molecule has 3 aliphatic rings. The second-order valence-corrected chi connectivity index (χ2v) is 14.6. The van der Waals surface area contributed by atoms with Gasteiger partial charge in [0.1, 0.15) is 11.6 Å². The molecule has 15 heteroatoms. The van der Waals surface area contributed by atoms with Gasteiger partial charge in [0.05, 0.1) is 59.4 Å². The molecule has 1 spiro atoms. The van der Waals surface area contributed by atoms with E-state index < -0.39 is 31.2 Å². The molecule has 3 aromatic rings. The smallest absolute Gasteiger partial charge is 0.422 e. The number of ether oxygens (including phenoxy) is 2. The zero-order valence-electron chi connectivity index (χ0n) is 27.9. The summed E-state index contributed by atoms with van der Waals surface area (Å²) >= 11 is 1.16. The minimum absolute atomic E-state index is 0.0440. The fourth-order valence-corrected chi connectivity index (χ4v) is 8.34. The Kier molecular flexibility index (Phi) is 11.5. The van der Waals surface area contributed by atoms with Gasteiger partial charge in [-0.1, -0.05) is 24.0 Å². The van der Waals surface area contributed by atoms with E-state index in [1.165, 1.54) is 12.8 Å². The minimum atomic E-state index is -4.66. The zero-order valence-corrected chi connectivity index (χ0v) is 28.7. The van der Waals surface area contributed by atoms with Crippen molar-refractivity contribution in [3.05, 3.63) is 46.6 Å². The third-order valence-corrected chi connectivity index (χ3v) is 11.1. The van der Waals surface area contributed by atoms with Crippen LogP contribution in [0.3, 0.4) is 0 Å². The third kappa shape index (κ3) is 9.51. The van der Waals surface area contributed by atoms with Crippen molar-refractivity contribution < 1.29 is 45.3 Å². The van der Waals surface area contributed by atoms with Crippen molar-refractivity contribution >= 4 is 38.5 Å². The topological polar surface area (TPSA) is 78.0 Å². The number of hydrogen-bond donors (Lipinski definition) is 4. The van der Waals surface area contributed by atoms with Crippen LogP contribution in [0.2, 0.25) is 0 Å². The first-order chi connectivity index (χ1) is 24.3. The van der Waals surface area contributed by atoms with E-state index in [0.717, 1.165) is 81.1 Å². The van der Waals surface area contributed by atoms with E-state index >= 15 is 0 Å². The first-order valence-corrected chi connectivity index (χ1v) is 17.9. The highest BCUT2D eigenvalue weighted by atomic mass is 32.1. The maximum Gasteiger partial charge on any atom is 0.422 e. The highest BCUT2D eigenvalue weighted by Crippen LogP contribution is 2.42. The summed E-state index contributed by atoms with van der Waals surface area (Å²) in [4.78, 5) is 2.84. The number of nitrogens with one attached hydrogen (secondary N) is 3. The average Bonchev–Trinajstić information content (AvgIpc) is 3.41. The number of thiophene rings is 1. The van der Waals surface area contributed by atoms with Gasteiger partial charge >= 0.3 is 12.4 Å². The van der Waals surface area contributed by atoms with Gasteiger partial charge in [0.15, 0.2) is 6.61 Å². The molecule has 3 fully saturated rings. The summed E-state index contributed by atoms with van der Waals surface area (Å²) in [6, 6.07) is 7.97. The quantitative estimate of drug-likeness (QED) is 0.118. The second-order valence-electron chi connectivity index (χ2n) is 13.6. The van der Waals surface area contributed by atoms with Crippen molar-refractivity contribution in [2.24, 2.45) is 5.41 Å². The molecule has 1 saturated carbocycles.